The summed E-state index contributed by atoms with van der Waals surface area (Å²) < 4.78 is 11.1. The molecule has 1 aromatic rings. The number of hydrogen-bond acceptors (Lipinski definition) is 3. The molecular formula is C19H25NO2. The molecule has 22 heavy (non-hydrogen) atoms. The van der Waals surface area contributed by atoms with Crippen molar-refractivity contribution in [1.82, 2.24) is 4.90 Å². The van der Waals surface area contributed by atoms with E-state index in [4.69, 9.17) is 15.9 Å². The summed E-state index contributed by atoms with van der Waals surface area (Å²) in [6, 6.07) is 7.06. The maximum atomic E-state index is 5.71. The van der Waals surface area contributed by atoms with Crippen LogP contribution in [0.4, 0.5) is 0 Å². The Balaban J connectivity index is 1.98. The van der Waals surface area contributed by atoms with Crippen LogP contribution < -0.4 is 9.47 Å². The number of terminal acetylenes is 1. The van der Waals surface area contributed by atoms with Crippen LogP contribution in [0.25, 0.3) is 0 Å². The molecule has 0 radical (unpaired) electrons. The minimum Gasteiger partial charge on any atom is -0.493 e. The Bertz CT molecular complexity index is 573. The van der Waals surface area contributed by atoms with Crippen molar-refractivity contribution in [1.29, 1.82) is 0 Å². The molecule has 1 unspecified atom stereocenters. The Morgan fingerprint density at radius 1 is 1.32 bits per heavy atom. The molecule has 3 heteroatoms. The molecule has 0 bridgehead atoms. The van der Waals surface area contributed by atoms with Crippen molar-refractivity contribution in [2.45, 2.75) is 43.6 Å². The van der Waals surface area contributed by atoms with Gasteiger partial charge >= 0.3 is 0 Å². The molecule has 3 nitrogen and oxygen atoms in total. The van der Waals surface area contributed by atoms with E-state index in [9.17, 15) is 0 Å². The van der Waals surface area contributed by atoms with Crippen molar-refractivity contribution in [2.24, 2.45) is 0 Å². The summed E-state index contributed by atoms with van der Waals surface area (Å²) in [7, 11) is 3.93. The fourth-order valence-electron chi connectivity index (χ4n) is 4.39. The fraction of sp³-hybridized carbons (Fsp3) is 0.579. The van der Waals surface area contributed by atoms with Crippen LogP contribution in [0.3, 0.4) is 0 Å². The molecule has 2 aliphatic rings. The zero-order valence-electron chi connectivity index (χ0n) is 13.6. The van der Waals surface area contributed by atoms with Gasteiger partial charge in [-0.1, -0.05) is 24.8 Å². The number of methoxy groups -OCH3 is 1. The fourth-order valence-corrected chi connectivity index (χ4v) is 4.39. The smallest absolute Gasteiger partial charge is 0.162 e. The summed E-state index contributed by atoms with van der Waals surface area (Å²) in [6.07, 6.45) is 11.8. The number of benzene rings is 1. The van der Waals surface area contributed by atoms with Crippen molar-refractivity contribution in [3.8, 4) is 23.8 Å². The number of likely N-dealkylation sites (tertiary alicyclic amines) is 1. The third-order valence-corrected chi connectivity index (χ3v) is 5.48. The van der Waals surface area contributed by atoms with Gasteiger partial charge in [0.1, 0.15) is 6.61 Å². The van der Waals surface area contributed by atoms with Crippen LogP contribution in [-0.4, -0.2) is 38.3 Å². The third kappa shape index (κ3) is 2.46. The molecule has 1 saturated heterocycles. The van der Waals surface area contributed by atoms with Gasteiger partial charge in [-0.05, 0) is 50.6 Å². The molecule has 1 aliphatic heterocycles. The van der Waals surface area contributed by atoms with E-state index in [0.717, 1.165) is 11.5 Å². The molecule has 0 N–H and O–H groups in total. The maximum absolute atomic E-state index is 5.71. The van der Waals surface area contributed by atoms with Crippen LogP contribution in [0, 0.1) is 12.3 Å². The minimum absolute atomic E-state index is 0.271. The first-order valence-corrected chi connectivity index (χ1v) is 8.16. The summed E-state index contributed by atoms with van der Waals surface area (Å²) in [5.41, 5.74) is 1.66. The van der Waals surface area contributed by atoms with Gasteiger partial charge in [-0.2, -0.15) is 0 Å². The normalized spacial score (nSPS) is 28.0. The topological polar surface area (TPSA) is 21.7 Å². The molecule has 1 aromatic carbocycles. The summed E-state index contributed by atoms with van der Waals surface area (Å²) in [5, 5.41) is 0. The van der Waals surface area contributed by atoms with Gasteiger partial charge in [-0.15, -0.1) is 6.42 Å². The zero-order chi connectivity index (χ0) is 15.6. The van der Waals surface area contributed by atoms with E-state index in [-0.39, 0.29) is 12.0 Å². The van der Waals surface area contributed by atoms with E-state index in [1.807, 2.05) is 6.07 Å². The molecule has 118 valence electrons. The van der Waals surface area contributed by atoms with Crippen molar-refractivity contribution in [2.75, 3.05) is 27.3 Å². The second kappa shape index (κ2) is 6.22. The van der Waals surface area contributed by atoms with E-state index in [1.54, 1.807) is 7.11 Å². The van der Waals surface area contributed by atoms with E-state index in [0.29, 0.717) is 6.04 Å². The summed E-state index contributed by atoms with van der Waals surface area (Å²) in [5.74, 6) is 4.06. The Labute approximate surface area is 133 Å². The van der Waals surface area contributed by atoms with Crippen molar-refractivity contribution >= 4 is 0 Å². The highest BCUT2D eigenvalue weighted by molar-refractivity contribution is 5.46. The molecule has 2 fully saturated rings. The lowest BCUT2D eigenvalue weighted by molar-refractivity contribution is 0.181. The molecule has 1 heterocycles. The van der Waals surface area contributed by atoms with Crippen LogP contribution in [0.2, 0.25) is 0 Å². The predicted octanol–water partition coefficient (Wildman–Crippen LogP) is 3.22. The van der Waals surface area contributed by atoms with Gasteiger partial charge in [-0.3, -0.25) is 0 Å². The van der Waals surface area contributed by atoms with E-state index >= 15 is 0 Å². The lowest BCUT2D eigenvalue weighted by atomic mass is 9.66. The van der Waals surface area contributed by atoms with Gasteiger partial charge in [0.05, 0.1) is 7.11 Å². The van der Waals surface area contributed by atoms with Crippen LogP contribution in [-0.2, 0) is 5.41 Å². The highest BCUT2D eigenvalue weighted by Gasteiger charge is 2.48. The third-order valence-electron chi connectivity index (χ3n) is 5.48. The second-order valence-corrected chi connectivity index (χ2v) is 6.51. The van der Waals surface area contributed by atoms with Gasteiger partial charge in [0.2, 0.25) is 0 Å². The van der Waals surface area contributed by atoms with Gasteiger partial charge in [-0.25, -0.2) is 0 Å². The molecule has 0 aromatic heterocycles. The predicted molar refractivity (Wildman–Crippen MR) is 88.5 cm³/mol. The van der Waals surface area contributed by atoms with E-state index in [2.05, 4.69) is 30.0 Å². The first kappa shape index (κ1) is 15.2. The molecule has 2 atom stereocenters. The number of rotatable bonds is 4. The Kier molecular flexibility index (Phi) is 4.31. The monoisotopic (exact) mass is 299 g/mol. The molecule has 0 amide bonds. The summed E-state index contributed by atoms with van der Waals surface area (Å²) >= 11 is 0. The zero-order valence-corrected chi connectivity index (χ0v) is 13.6. The van der Waals surface area contributed by atoms with Gasteiger partial charge in [0.25, 0.3) is 0 Å². The number of hydrogen-bond donors (Lipinski definition) is 0. The SMILES string of the molecule is C#CCOc1cc([C@@]23CCCCC2N(C)CC3)ccc1OC. The standard InChI is InChI=1S/C19H25NO2/c1-4-13-22-17-14-15(8-9-16(17)21-3)19-10-6-5-7-18(19)20(2)12-11-19/h1,8-9,14,18H,5-7,10-13H2,2-3H3/t18?,19-/m0/s1. The lowest BCUT2D eigenvalue weighted by Crippen LogP contribution is -2.43. The van der Waals surface area contributed by atoms with Gasteiger partial charge in [0, 0.05) is 11.5 Å². The summed E-state index contributed by atoms with van der Waals surface area (Å²) in [6.45, 7) is 1.45. The van der Waals surface area contributed by atoms with Crippen LogP contribution in [0.5, 0.6) is 11.5 Å². The molecule has 1 saturated carbocycles. The van der Waals surface area contributed by atoms with E-state index in [1.165, 1.54) is 44.2 Å². The van der Waals surface area contributed by atoms with Crippen molar-refractivity contribution < 1.29 is 9.47 Å². The lowest BCUT2D eigenvalue weighted by Gasteiger charge is -2.42. The van der Waals surface area contributed by atoms with E-state index < -0.39 is 0 Å². The molecule has 0 spiro atoms. The van der Waals surface area contributed by atoms with Crippen LogP contribution in [0.1, 0.15) is 37.7 Å². The summed E-state index contributed by atoms with van der Waals surface area (Å²) in [4.78, 5) is 2.53. The quantitative estimate of drug-likeness (QED) is 0.797. The Morgan fingerprint density at radius 3 is 2.95 bits per heavy atom. The Hall–Kier alpha value is -1.66. The number of fused-ring (bicyclic) bond motifs is 1. The first-order valence-electron chi connectivity index (χ1n) is 8.16. The molecular weight excluding hydrogens is 274 g/mol. The first-order chi connectivity index (χ1) is 10.7. The molecule has 1 aliphatic carbocycles. The highest BCUT2D eigenvalue weighted by atomic mass is 16.5. The second-order valence-electron chi connectivity index (χ2n) is 6.51. The average Bonchev–Trinajstić information content (AvgIpc) is 2.91. The highest BCUT2D eigenvalue weighted by Crippen LogP contribution is 2.49. The largest absolute Gasteiger partial charge is 0.493 e. The molecule has 3 rings (SSSR count). The Morgan fingerprint density at radius 2 is 2.18 bits per heavy atom. The maximum Gasteiger partial charge on any atom is 0.162 e. The average molecular weight is 299 g/mol. The number of likely N-dealkylation sites (N-methyl/N-ethyl adjacent to an activating group) is 1. The van der Waals surface area contributed by atoms with Gasteiger partial charge < -0.3 is 14.4 Å². The number of ether oxygens (including phenoxy) is 2. The minimum atomic E-state index is 0.271. The van der Waals surface area contributed by atoms with Crippen LogP contribution in [0.15, 0.2) is 18.2 Å². The van der Waals surface area contributed by atoms with Crippen molar-refractivity contribution in [3.63, 3.8) is 0 Å². The van der Waals surface area contributed by atoms with Crippen LogP contribution >= 0.6 is 0 Å². The van der Waals surface area contributed by atoms with Crippen molar-refractivity contribution in [3.05, 3.63) is 23.8 Å². The van der Waals surface area contributed by atoms with Gasteiger partial charge in [0.15, 0.2) is 11.5 Å². The number of nitrogens with zero attached hydrogens (tertiary/aromatic N) is 1.